The highest BCUT2D eigenvalue weighted by Crippen LogP contribution is 2.28. The molecule has 0 aliphatic rings. The molecule has 0 fully saturated rings. The number of halogens is 1. The zero-order valence-corrected chi connectivity index (χ0v) is 23.1. The Hall–Kier alpha value is -4.15. The summed E-state index contributed by atoms with van der Waals surface area (Å²) in [4.78, 5) is 21.1. The van der Waals surface area contributed by atoms with E-state index in [-0.39, 0.29) is 6.04 Å². The van der Waals surface area contributed by atoms with Gasteiger partial charge >= 0.3 is 0 Å². The summed E-state index contributed by atoms with van der Waals surface area (Å²) in [5.41, 5.74) is 5.86. The first-order valence-corrected chi connectivity index (χ1v) is 12.8. The molecule has 0 saturated carbocycles. The number of H-pyrrole nitrogens is 1. The summed E-state index contributed by atoms with van der Waals surface area (Å²) in [5.74, 6) is 0.852. The predicted octanol–water partition coefficient (Wildman–Crippen LogP) is 4.48. The minimum Gasteiger partial charge on any atom is -0.497 e. The second-order valence-corrected chi connectivity index (χ2v) is 9.58. The number of fused-ring (bicyclic) bond motifs is 2. The molecule has 0 bridgehead atoms. The van der Waals surface area contributed by atoms with Gasteiger partial charge in [0.15, 0.2) is 5.65 Å². The van der Waals surface area contributed by atoms with Crippen LogP contribution in [0.3, 0.4) is 0 Å². The molecule has 3 aromatic heterocycles. The Bertz CT molecular complexity index is 1520. The fourth-order valence-corrected chi connectivity index (χ4v) is 4.21. The minimum atomic E-state index is 0.0309. The zero-order chi connectivity index (χ0) is 27.8. The van der Waals surface area contributed by atoms with Gasteiger partial charge in [0.25, 0.3) is 0 Å². The van der Waals surface area contributed by atoms with E-state index < -0.39 is 0 Å². The number of benzene rings is 2. The molecule has 11 heteroatoms. The number of hydrogen-bond donors (Lipinski definition) is 2. The van der Waals surface area contributed by atoms with E-state index in [2.05, 4.69) is 30.4 Å². The largest absolute Gasteiger partial charge is 0.497 e. The van der Waals surface area contributed by atoms with Gasteiger partial charge in [0.2, 0.25) is 6.41 Å². The van der Waals surface area contributed by atoms with E-state index in [1.807, 2.05) is 74.1 Å². The first-order valence-electron chi connectivity index (χ1n) is 12.4. The molecule has 0 radical (unpaired) electrons. The lowest BCUT2D eigenvalue weighted by Gasteiger charge is -2.20. The van der Waals surface area contributed by atoms with E-state index in [0.717, 1.165) is 45.6 Å². The first-order chi connectivity index (χ1) is 18.9. The van der Waals surface area contributed by atoms with Crippen molar-refractivity contribution in [2.45, 2.75) is 26.1 Å². The van der Waals surface area contributed by atoms with E-state index in [0.29, 0.717) is 24.8 Å². The molecule has 5 rings (SSSR count). The summed E-state index contributed by atoms with van der Waals surface area (Å²) in [6, 6.07) is 15.9. The number of nitrogens with zero attached hydrogens (tertiary/aromatic N) is 5. The van der Waals surface area contributed by atoms with Crippen molar-refractivity contribution in [3.8, 4) is 5.75 Å². The van der Waals surface area contributed by atoms with Crippen LogP contribution in [0, 0.1) is 0 Å². The topological polar surface area (TPSA) is 110 Å². The lowest BCUT2D eigenvalue weighted by molar-refractivity contribution is -0.110. The van der Waals surface area contributed by atoms with Crippen molar-refractivity contribution < 1.29 is 14.3 Å². The lowest BCUT2D eigenvalue weighted by atomic mass is 10.2. The number of aromatic amines is 1. The molecule has 0 spiro atoms. The number of nitrogens with one attached hydrogen (secondary N) is 2. The van der Waals surface area contributed by atoms with Crippen LogP contribution in [0.15, 0.2) is 61.1 Å². The molecule has 3 heterocycles. The molecule has 204 valence electrons. The van der Waals surface area contributed by atoms with E-state index in [1.54, 1.807) is 19.6 Å². The van der Waals surface area contributed by atoms with Crippen molar-refractivity contribution in [2.24, 2.45) is 7.05 Å². The molecular weight excluding hydrogens is 518 g/mol. The van der Waals surface area contributed by atoms with Gasteiger partial charge in [0.05, 0.1) is 44.1 Å². The normalized spacial score (nSPS) is 11.6. The second kappa shape index (κ2) is 13.1. The van der Waals surface area contributed by atoms with Gasteiger partial charge in [0, 0.05) is 38.1 Å². The number of carbonyl (C=O) groups excluding carboxylic acids is 1. The number of imidazole rings is 1. The van der Waals surface area contributed by atoms with Crippen molar-refractivity contribution >= 4 is 45.8 Å². The molecule has 2 aromatic carbocycles. The Balaban J connectivity index is 0.000000187. The van der Waals surface area contributed by atoms with Crippen LogP contribution in [0.1, 0.15) is 18.1 Å². The van der Waals surface area contributed by atoms with Crippen LogP contribution in [0.5, 0.6) is 5.75 Å². The van der Waals surface area contributed by atoms with Crippen LogP contribution >= 0.6 is 11.6 Å². The SMILES string of the molecule is CC(COCc1ccc2cn[nH]c2c1)NC=O.COc1ccc(CN(C)c2cc(Cl)nc3c2ncn3C)cc1. The molecule has 2 N–H and O–H groups in total. The Morgan fingerprint density at radius 1 is 1.18 bits per heavy atom. The Morgan fingerprint density at radius 3 is 2.69 bits per heavy atom. The molecule has 1 atom stereocenters. The Labute approximate surface area is 231 Å². The maximum absolute atomic E-state index is 10.2. The van der Waals surface area contributed by atoms with Gasteiger partial charge in [-0.25, -0.2) is 9.97 Å². The van der Waals surface area contributed by atoms with Crippen LogP contribution in [-0.4, -0.2) is 57.9 Å². The maximum Gasteiger partial charge on any atom is 0.207 e. The average molecular weight is 550 g/mol. The number of methoxy groups -OCH3 is 1. The third-order valence-electron chi connectivity index (χ3n) is 6.10. The van der Waals surface area contributed by atoms with Crippen LogP contribution in [-0.2, 0) is 29.7 Å². The fourth-order valence-electron chi connectivity index (χ4n) is 4.02. The Morgan fingerprint density at radius 2 is 1.95 bits per heavy atom. The van der Waals surface area contributed by atoms with E-state index >= 15 is 0 Å². The number of aryl methyl sites for hydroxylation is 1. The quantitative estimate of drug-likeness (QED) is 0.195. The highest BCUT2D eigenvalue weighted by Gasteiger charge is 2.13. The van der Waals surface area contributed by atoms with Crippen LogP contribution < -0.4 is 15.0 Å². The van der Waals surface area contributed by atoms with Crippen molar-refractivity contribution in [1.82, 2.24) is 30.0 Å². The van der Waals surface area contributed by atoms with Gasteiger partial charge in [-0.15, -0.1) is 0 Å². The summed E-state index contributed by atoms with van der Waals surface area (Å²) in [6.07, 6.45) is 4.22. The number of hydrogen-bond acceptors (Lipinski definition) is 7. The summed E-state index contributed by atoms with van der Waals surface area (Å²) in [5, 5.41) is 11.1. The lowest BCUT2D eigenvalue weighted by Crippen LogP contribution is -2.29. The monoisotopic (exact) mass is 549 g/mol. The van der Waals surface area contributed by atoms with Crippen LogP contribution in [0.2, 0.25) is 5.15 Å². The average Bonchev–Trinajstić information content (AvgIpc) is 3.55. The van der Waals surface area contributed by atoms with Gasteiger partial charge in [-0.2, -0.15) is 5.10 Å². The summed E-state index contributed by atoms with van der Waals surface area (Å²) >= 11 is 6.14. The van der Waals surface area contributed by atoms with Gasteiger partial charge in [-0.1, -0.05) is 35.9 Å². The molecular formula is C28H32ClN7O3. The third-order valence-corrected chi connectivity index (χ3v) is 6.30. The fraction of sp³-hybridized carbons (Fsp3) is 0.286. The third kappa shape index (κ3) is 7.24. The number of anilines is 1. The van der Waals surface area contributed by atoms with Gasteiger partial charge in [-0.3, -0.25) is 9.89 Å². The van der Waals surface area contributed by atoms with Crippen molar-refractivity contribution in [2.75, 3.05) is 25.7 Å². The number of pyridine rings is 1. The number of carbonyl (C=O) groups is 1. The predicted molar refractivity (Wildman–Crippen MR) is 153 cm³/mol. The minimum absolute atomic E-state index is 0.0309. The zero-order valence-electron chi connectivity index (χ0n) is 22.4. The van der Waals surface area contributed by atoms with E-state index in [4.69, 9.17) is 21.1 Å². The van der Waals surface area contributed by atoms with Gasteiger partial charge < -0.3 is 24.3 Å². The van der Waals surface area contributed by atoms with E-state index in [9.17, 15) is 4.79 Å². The molecule has 0 aliphatic carbocycles. The summed E-state index contributed by atoms with van der Waals surface area (Å²) in [6.45, 7) is 3.67. The van der Waals surface area contributed by atoms with Crippen molar-refractivity contribution in [1.29, 1.82) is 0 Å². The molecule has 1 amide bonds. The van der Waals surface area contributed by atoms with Crippen molar-refractivity contribution in [3.05, 3.63) is 77.3 Å². The highest BCUT2D eigenvalue weighted by atomic mass is 35.5. The molecule has 39 heavy (non-hydrogen) atoms. The standard InChI is InChI=1S/C16H17ClN4O.C12H15N3O2/c1-20(9-11-4-6-12(22-3)7-5-11)13-8-14(17)19-16-15(13)18-10-21(16)2;1-9(13-8-16)6-17-7-10-2-3-11-5-14-15-12(11)4-10/h4-8,10H,9H2,1-3H3;2-5,8-9H,6-7H2,1H3,(H,13,16)(H,14,15). The smallest absolute Gasteiger partial charge is 0.207 e. The molecule has 0 saturated heterocycles. The summed E-state index contributed by atoms with van der Waals surface area (Å²) in [7, 11) is 5.59. The summed E-state index contributed by atoms with van der Waals surface area (Å²) < 4.78 is 12.6. The first kappa shape index (κ1) is 27.9. The highest BCUT2D eigenvalue weighted by molar-refractivity contribution is 6.30. The molecule has 0 aliphatic heterocycles. The molecule has 5 aromatic rings. The second-order valence-electron chi connectivity index (χ2n) is 9.19. The van der Waals surface area contributed by atoms with Crippen LogP contribution in [0.4, 0.5) is 5.69 Å². The van der Waals surface area contributed by atoms with Crippen molar-refractivity contribution in [3.63, 3.8) is 0 Å². The number of aromatic nitrogens is 5. The number of rotatable bonds is 10. The molecule has 1 unspecified atom stereocenters. The number of amides is 1. The maximum atomic E-state index is 10.2. The van der Waals surface area contributed by atoms with E-state index in [1.165, 1.54) is 5.56 Å². The number of ether oxygens (including phenoxy) is 2. The van der Waals surface area contributed by atoms with Gasteiger partial charge in [-0.05, 0) is 36.2 Å². The molecule has 10 nitrogen and oxygen atoms in total. The van der Waals surface area contributed by atoms with Crippen LogP contribution in [0.25, 0.3) is 22.1 Å². The Kier molecular flexibility index (Phi) is 9.35. The van der Waals surface area contributed by atoms with Gasteiger partial charge in [0.1, 0.15) is 16.4 Å².